The summed E-state index contributed by atoms with van der Waals surface area (Å²) in [5.41, 5.74) is 0. The lowest BCUT2D eigenvalue weighted by atomic mass is 9.81. The second-order valence-electron chi connectivity index (χ2n) is 5.66. The summed E-state index contributed by atoms with van der Waals surface area (Å²) in [5.74, 6) is -1.69. The highest BCUT2D eigenvalue weighted by Crippen LogP contribution is 2.29. The van der Waals surface area contributed by atoms with E-state index in [0.717, 1.165) is 12.8 Å². The number of amides is 2. The van der Waals surface area contributed by atoms with Crippen LogP contribution in [0, 0.1) is 11.8 Å². The molecule has 0 heterocycles. The first-order valence-electron chi connectivity index (χ1n) is 7.20. The molecule has 2 unspecified atom stereocenters. The monoisotopic (exact) mass is 284 g/mol. The molecule has 0 aliphatic heterocycles. The Morgan fingerprint density at radius 2 is 1.85 bits per heavy atom. The van der Waals surface area contributed by atoms with Crippen molar-refractivity contribution >= 4 is 17.8 Å². The summed E-state index contributed by atoms with van der Waals surface area (Å²) in [6, 6.07) is 0.0906. The Bertz CT molecular complexity index is 368. The van der Waals surface area contributed by atoms with Gasteiger partial charge in [0, 0.05) is 24.9 Å². The lowest BCUT2D eigenvalue weighted by Gasteiger charge is -2.25. The van der Waals surface area contributed by atoms with E-state index in [9.17, 15) is 14.4 Å². The van der Waals surface area contributed by atoms with E-state index < -0.39 is 11.9 Å². The molecule has 6 nitrogen and oxygen atoms in total. The van der Waals surface area contributed by atoms with Crippen LogP contribution in [-0.2, 0) is 14.4 Å². The minimum absolute atomic E-state index is 0.0904. The van der Waals surface area contributed by atoms with Gasteiger partial charge in [-0.3, -0.25) is 14.4 Å². The molecule has 6 heteroatoms. The Kier molecular flexibility index (Phi) is 6.48. The van der Waals surface area contributed by atoms with Gasteiger partial charge in [0.05, 0.1) is 5.92 Å². The average molecular weight is 284 g/mol. The van der Waals surface area contributed by atoms with Gasteiger partial charge in [0.2, 0.25) is 11.8 Å². The van der Waals surface area contributed by atoms with Crippen molar-refractivity contribution in [1.29, 1.82) is 0 Å². The van der Waals surface area contributed by atoms with Crippen LogP contribution in [0.5, 0.6) is 0 Å². The molecular formula is C14H24N2O4. The molecule has 20 heavy (non-hydrogen) atoms. The Morgan fingerprint density at radius 1 is 1.20 bits per heavy atom. The molecule has 0 aromatic rings. The number of carbonyl (C=O) groups is 3. The van der Waals surface area contributed by atoms with Crippen molar-refractivity contribution in [1.82, 2.24) is 10.6 Å². The molecule has 0 radical (unpaired) electrons. The van der Waals surface area contributed by atoms with Crippen LogP contribution in [0.2, 0.25) is 0 Å². The van der Waals surface area contributed by atoms with Crippen molar-refractivity contribution in [3.05, 3.63) is 0 Å². The van der Waals surface area contributed by atoms with Crippen molar-refractivity contribution in [3.63, 3.8) is 0 Å². The summed E-state index contributed by atoms with van der Waals surface area (Å²) in [7, 11) is 0. The van der Waals surface area contributed by atoms with Gasteiger partial charge < -0.3 is 15.7 Å². The van der Waals surface area contributed by atoms with Gasteiger partial charge >= 0.3 is 5.97 Å². The van der Waals surface area contributed by atoms with E-state index in [4.69, 9.17) is 5.11 Å². The van der Waals surface area contributed by atoms with E-state index in [2.05, 4.69) is 10.6 Å². The summed E-state index contributed by atoms with van der Waals surface area (Å²) >= 11 is 0. The summed E-state index contributed by atoms with van der Waals surface area (Å²) < 4.78 is 0. The first-order valence-corrected chi connectivity index (χ1v) is 7.20. The molecule has 114 valence electrons. The number of hydrogen-bond donors (Lipinski definition) is 3. The molecule has 1 aliphatic carbocycles. The van der Waals surface area contributed by atoms with Crippen molar-refractivity contribution in [3.8, 4) is 0 Å². The minimum Gasteiger partial charge on any atom is -0.481 e. The molecule has 0 saturated heterocycles. The molecule has 0 aromatic heterocycles. The van der Waals surface area contributed by atoms with Gasteiger partial charge in [0.15, 0.2) is 0 Å². The fourth-order valence-corrected chi connectivity index (χ4v) is 2.49. The molecule has 1 fully saturated rings. The van der Waals surface area contributed by atoms with Crippen LogP contribution in [0.1, 0.15) is 46.0 Å². The van der Waals surface area contributed by atoms with Crippen molar-refractivity contribution in [2.45, 2.75) is 52.0 Å². The van der Waals surface area contributed by atoms with Gasteiger partial charge in [0.25, 0.3) is 0 Å². The maximum atomic E-state index is 11.9. The summed E-state index contributed by atoms with van der Waals surface area (Å²) in [4.78, 5) is 34.3. The minimum atomic E-state index is -0.821. The number of carbonyl (C=O) groups excluding carboxylic acids is 2. The highest BCUT2D eigenvalue weighted by atomic mass is 16.4. The number of hydrogen-bond acceptors (Lipinski definition) is 3. The third-order valence-electron chi connectivity index (χ3n) is 3.50. The van der Waals surface area contributed by atoms with E-state index in [1.165, 1.54) is 0 Å². The number of rotatable bonds is 6. The number of aliphatic carboxylic acids is 1. The first-order chi connectivity index (χ1) is 9.40. The second kappa shape index (κ2) is 7.87. The molecular weight excluding hydrogens is 260 g/mol. The first kappa shape index (κ1) is 16.5. The third-order valence-corrected chi connectivity index (χ3v) is 3.50. The lowest BCUT2D eigenvalue weighted by molar-refractivity contribution is -0.144. The van der Waals surface area contributed by atoms with Crippen LogP contribution in [0.4, 0.5) is 0 Å². The van der Waals surface area contributed by atoms with Crippen molar-refractivity contribution in [2.75, 3.05) is 6.54 Å². The van der Waals surface area contributed by atoms with Gasteiger partial charge in [-0.25, -0.2) is 0 Å². The van der Waals surface area contributed by atoms with Gasteiger partial charge in [0.1, 0.15) is 0 Å². The van der Waals surface area contributed by atoms with Crippen molar-refractivity contribution < 1.29 is 19.5 Å². The lowest BCUT2D eigenvalue weighted by Crippen LogP contribution is -2.38. The Morgan fingerprint density at radius 3 is 2.45 bits per heavy atom. The number of nitrogens with one attached hydrogen (secondary N) is 2. The summed E-state index contributed by atoms with van der Waals surface area (Å²) in [6.45, 7) is 4.06. The van der Waals surface area contributed by atoms with E-state index in [0.29, 0.717) is 19.4 Å². The topological polar surface area (TPSA) is 95.5 Å². The van der Waals surface area contributed by atoms with Gasteiger partial charge in [-0.05, 0) is 33.1 Å². The maximum Gasteiger partial charge on any atom is 0.306 e. The predicted molar refractivity (Wildman–Crippen MR) is 74.0 cm³/mol. The third kappa shape index (κ3) is 5.59. The predicted octanol–water partition coefficient (Wildman–Crippen LogP) is 0.908. The summed E-state index contributed by atoms with van der Waals surface area (Å²) in [6.07, 6.45) is 2.80. The smallest absolute Gasteiger partial charge is 0.306 e. The molecule has 1 rings (SSSR count). The Balaban J connectivity index is 2.28. The fraction of sp³-hybridized carbons (Fsp3) is 0.786. The molecule has 3 N–H and O–H groups in total. The van der Waals surface area contributed by atoms with Crippen LogP contribution >= 0.6 is 0 Å². The molecule has 0 aromatic carbocycles. The largest absolute Gasteiger partial charge is 0.481 e. The van der Waals surface area contributed by atoms with Crippen LogP contribution in [0.3, 0.4) is 0 Å². The quantitative estimate of drug-likeness (QED) is 0.675. The molecule has 2 atom stereocenters. The molecule has 1 saturated carbocycles. The second-order valence-corrected chi connectivity index (χ2v) is 5.66. The van der Waals surface area contributed by atoms with Crippen LogP contribution in [0.15, 0.2) is 0 Å². The Labute approximate surface area is 119 Å². The molecule has 1 aliphatic rings. The summed E-state index contributed by atoms with van der Waals surface area (Å²) in [5, 5.41) is 14.5. The zero-order chi connectivity index (χ0) is 15.1. The normalized spacial score (nSPS) is 22.4. The van der Waals surface area contributed by atoms with E-state index in [1.807, 2.05) is 13.8 Å². The maximum absolute atomic E-state index is 11.9. The van der Waals surface area contributed by atoms with Crippen LogP contribution in [0.25, 0.3) is 0 Å². The number of carboxylic acids is 1. The molecule has 0 spiro atoms. The Hall–Kier alpha value is -1.59. The zero-order valence-electron chi connectivity index (χ0n) is 12.1. The van der Waals surface area contributed by atoms with E-state index >= 15 is 0 Å². The zero-order valence-corrected chi connectivity index (χ0v) is 12.1. The van der Waals surface area contributed by atoms with E-state index in [-0.39, 0.29) is 30.2 Å². The van der Waals surface area contributed by atoms with Gasteiger partial charge in [-0.2, -0.15) is 0 Å². The highest BCUT2D eigenvalue weighted by Gasteiger charge is 2.30. The van der Waals surface area contributed by atoms with Gasteiger partial charge in [-0.1, -0.05) is 6.42 Å². The number of carboxylic acid groups (broad SMARTS) is 1. The SMILES string of the molecule is CC(C)NC(=O)CCNC(=O)C1CCCC(C(=O)O)C1. The highest BCUT2D eigenvalue weighted by molar-refractivity contribution is 5.81. The molecule has 0 bridgehead atoms. The average Bonchev–Trinajstić information content (AvgIpc) is 2.37. The standard InChI is InChI=1S/C14H24N2O4/c1-9(2)16-12(17)6-7-15-13(18)10-4-3-5-11(8-10)14(19)20/h9-11H,3-8H2,1-2H3,(H,15,18)(H,16,17)(H,19,20). The fourth-order valence-electron chi connectivity index (χ4n) is 2.49. The van der Waals surface area contributed by atoms with E-state index in [1.54, 1.807) is 0 Å². The van der Waals surface area contributed by atoms with Crippen LogP contribution in [-0.4, -0.2) is 35.5 Å². The van der Waals surface area contributed by atoms with Gasteiger partial charge in [-0.15, -0.1) is 0 Å². The molecule has 2 amide bonds. The van der Waals surface area contributed by atoms with Crippen molar-refractivity contribution in [2.24, 2.45) is 11.8 Å². The van der Waals surface area contributed by atoms with Crippen LogP contribution < -0.4 is 10.6 Å².